The Kier molecular flexibility index (Phi) is 5.04. The monoisotopic (exact) mass is 424 g/mol. The molecule has 5 heteroatoms. The van der Waals surface area contributed by atoms with Crippen molar-refractivity contribution in [3.05, 3.63) is 114 Å². The van der Waals surface area contributed by atoms with Gasteiger partial charge in [-0.05, 0) is 85.7 Å². The molecule has 4 nitrogen and oxygen atoms in total. The highest BCUT2D eigenvalue weighted by Crippen LogP contribution is 2.42. The Bertz CT molecular complexity index is 1230. The number of aryl methyl sites for hydroxylation is 2. The van der Waals surface area contributed by atoms with Crippen LogP contribution in [0.4, 0.5) is 5.69 Å². The van der Waals surface area contributed by atoms with Crippen LogP contribution in [-0.2, 0) is 0 Å². The summed E-state index contributed by atoms with van der Waals surface area (Å²) in [7, 11) is 0. The van der Waals surface area contributed by atoms with Crippen molar-refractivity contribution < 1.29 is 0 Å². The topological polar surface area (TPSA) is 33.1 Å². The number of thiocarbonyl (C=S) groups is 1. The number of hydrogen-bond donors (Lipinski definition) is 1. The molecule has 1 N–H and O–H groups in total. The lowest BCUT2D eigenvalue weighted by atomic mass is 10.0. The summed E-state index contributed by atoms with van der Waals surface area (Å²) < 4.78 is 2.26. The fourth-order valence-electron chi connectivity index (χ4n) is 4.36. The molecule has 1 aliphatic heterocycles. The van der Waals surface area contributed by atoms with Crippen molar-refractivity contribution in [1.82, 2.24) is 14.9 Å². The van der Waals surface area contributed by atoms with Gasteiger partial charge in [0, 0.05) is 29.5 Å². The van der Waals surface area contributed by atoms with Crippen molar-refractivity contribution >= 4 is 23.0 Å². The van der Waals surface area contributed by atoms with Gasteiger partial charge in [0.05, 0.1) is 11.7 Å². The second kappa shape index (κ2) is 8.00. The number of nitrogens with zero attached hydrogens (tertiary/aromatic N) is 3. The van der Waals surface area contributed by atoms with Gasteiger partial charge in [0.2, 0.25) is 0 Å². The van der Waals surface area contributed by atoms with E-state index in [0.29, 0.717) is 5.11 Å². The first-order valence-corrected chi connectivity index (χ1v) is 10.8. The fourth-order valence-corrected chi connectivity index (χ4v) is 4.71. The molecule has 0 spiro atoms. The van der Waals surface area contributed by atoms with E-state index in [1.54, 1.807) is 0 Å². The second-order valence-electron chi connectivity index (χ2n) is 7.98. The van der Waals surface area contributed by atoms with Crippen LogP contribution in [0.3, 0.4) is 0 Å². The van der Waals surface area contributed by atoms with Gasteiger partial charge in [-0.25, -0.2) is 0 Å². The largest absolute Gasteiger partial charge is 0.351 e. The van der Waals surface area contributed by atoms with E-state index in [0.717, 1.165) is 22.8 Å². The minimum absolute atomic E-state index is 0.0419. The number of benzene rings is 2. The van der Waals surface area contributed by atoms with Gasteiger partial charge in [-0.15, -0.1) is 0 Å². The maximum absolute atomic E-state index is 5.85. The average molecular weight is 425 g/mol. The summed E-state index contributed by atoms with van der Waals surface area (Å²) in [4.78, 5) is 6.88. The Balaban J connectivity index is 1.68. The summed E-state index contributed by atoms with van der Waals surface area (Å²) in [6.45, 7) is 4.23. The summed E-state index contributed by atoms with van der Waals surface area (Å²) >= 11 is 5.85. The van der Waals surface area contributed by atoms with Gasteiger partial charge in [0.25, 0.3) is 0 Å². The number of pyridine rings is 1. The van der Waals surface area contributed by atoms with Gasteiger partial charge in [0.15, 0.2) is 5.11 Å². The van der Waals surface area contributed by atoms with Crippen LogP contribution < -0.4 is 10.2 Å². The zero-order valence-corrected chi connectivity index (χ0v) is 18.4. The third kappa shape index (κ3) is 3.62. The Morgan fingerprint density at radius 2 is 1.58 bits per heavy atom. The van der Waals surface area contributed by atoms with Gasteiger partial charge in [-0.2, -0.15) is 0 Å². The van der Waals surface area contributed by atoms with Crippen LogP contribution >= 0.6 is 12.2 Å². The highest BCUT2D eigenvalue weighted by atomic mass is 32.1. The van der Waals surface area contributed by atoms with Crippen LogP contribution in [0.25, 0.3) is 5.69 Å². The maximum atomic E-state index is 5.85. The number of aromatic nitrogens is 2. The van der Waals surface area contributed by atoms with Gasteiger partial charge in [0.1, 0.15) is 6.04 Å². The Labute approximate surface area is 188 Å². The fraction of sp³-hybridized carbons (Fsp3) is 0.154. The third-order valence-corrected chi connectivity index (χ3v) is 6.06. The van der Waals surface area contributed by atoms with Gasteiger partial charge in [-0.1, -0.05) is 30.3 Å². The molecule has 2 unspecified atom stereocenters. The van der Waals surface area contributed by atoms with Crippen LogP contribution in [0.15, 0.2) is 91.3 Å². The Morgan fingerprint density at radius 3 is 2.29 bits per heavy atom. The van der Waals surface area contributed by atoms with Crippen molar-refractivity contribution in [2.75, 3.05) is 4.90 Å². The van der Waals surface area contributed by atoms with Crippen molar-refractivity contribution in [3.8, 4) is 5.69 Å². The summed E-state index contributed by atoms with van der Waals surface area (Å²) in [5.41, 5.74) is 6.79. The molecule has 4 aromatic rings. The summed E-state index contributed by atoms with van der Waals surface area (Å²) in [5.74, 6) is 0. The predicted molar refractivity (Wildman–Crippen MR) is 130 cm³/mol. The molecule has 31 heavy (non-hydrogen) atoms. The quantitative estimate of drug-likeness (QED) is 0.428. The van der Waals surface area contributed by atoms with E-state index in [1.807, 2.05) is 18.3 Å². The van der Waals surface area contributed by atoms with Crippen LogP contribution in [0, 0.1) is 13.8 Å². The number of nitrogens with one attached hydrogen (secondary N) is 1. The Morgan fingerprint density at radius 1 is 0.839 bits per heavy atom. The van der Waals surface area contributed by atoms with Crippen molar-refractivity contribution in [2.24, 2.45) is 0 Å². The molecule has 0 amide bonds. The van der Waals surface area contributed by atoms with E-state index in [9.17, 15) is 0 Å². The molecular formula is C26H24N4S. The van der Waals surface area contributed by atoms with E-state index in [4.69, 9.17) is 12.2 Å². The Hall–Kier alpha value is -3.44. The van der Waals surface area contributed by atoms with Crippen molar-refractivity contribution in [3.63, 3.8) is 0 Å². The van der Waals surface area contributed by atoms with Crippen LogP contribution in [0.1, 0.15) is 34.6 Å². The smallest absolute Gasteiger partial charge is 0.174 e. The lowest BCUT2D eigenvalue weighted by Gasteiger charge is -2.29. The van der Waals surface area contributed by atoms with Gasteiger partial charge < -0.3 is 14.8 Å². The van der Waals surface area contributed by atoms with E-state index < -0.39 is 0 Å². The first kappa shape index (κ1) is 19.5. The average Bonchev–Trinajstić information content (AvgIpc) is 3.38. The zero-order valence-electron chi connectivity index (χ0n) is 17.6. The van der Waals surface area contributed by atoms with E-state index in [1.165, 1.54) is 11.1 Å². The second-order valence-corrected chi connectivity index (χ2v) is 8.36. The molecule has 0 radical (unpaired) electrons. The molecule has 0 aliphatic carbocycles. The van der Waals surface area contributed by atoms with E-state index in [2.05, 4.69) is 107 Å². The number of anilines is 1. The standard InChI is InChI=1S/C26H24N4S/c1-18-8-5-10-20(16-18)29-15-7-13-23(29)25-24(22-12-3-4-14-27-22)28-26(31)30(25)21-11-6-9-19(2)17-21/h3-17,24-25H,1-2H3,(H,28,31). The molecule has 0 saturated carbocycles. The number of hydrogen-bond acceptors (Lipinski definition) is 2. The molecule has 2 aromatic heterocycles. The van der Waals surface area contributed by atoms with E-state index >= 15 is 0 Å². The molecule has 5 rings (SSSR count). The molecule has 0 bridgehead atoms. The van der Waals surface area contributed by atoms with E-state index in [-0.39, 0.29) is 12.1 Å². The molecule has 2 aromatic carbocycles. The third-order valence-electron chi connectivity index (χ3n) is 5.74. The van der Waals surface area contributed by atoms with Gasteiger partial charge in [-0.3, -0.25) is 4.98 Å². The summed E-state index contributed by atoms with van der Waals surface area (Å²) in [6, 6.07) is 27.3. The van der Waals surface area contributed by atoms with Gasteiger partial charge >= 0.3 is 0 Å². The maximum Gasteiger partial charge on any atom is 0.174 e. The SMILES string of the molecule is Cc1cccc(N2C(=S)NC(c3ccccn3)C2c2cccn2-c2cccc(C)c2)c1. The molecule has 1 saturated heterocycles. The van der Waals surface area contributed by atoms with Crippen LogP contribution in [0.2, 0.25) is 0 Å². The minimum Gasteiger partial charge on any atom is -0.351 e. The predicted octanol–water partition coefficient (Wildman–Crippen LogP) is 5.67. The lowest BCUT2D eigenvalue weighted by molar-refractivity contribution is 0.549. The molecule has 3 heterocycles. The molecule has 1 fully saturated rings. The van der Waals surface area contributed by atoms with Crippen molar-refractivity contribution in [2.45, 2.75) is 25.9 Å². The summed E-state index contributed by atoms with van der Waals surface area (Å²) in [5, 5.41) is 4.26. The first-order chi connectivity index (χ1) is 15.1. The first-order valence-electron chi connectivity index (χ1n) is 10.4. The molecule has 2 atom stereocenters. The number of rotatable bonds is 4. The molecule has 154 valence electrons. The van der Waals surface area contributed by atoms with Crippen molar-refractivity contribution in [1.29, 1.82) is 0 Å². The molecule has 1 aliphatic rings. The highest BCUT2D eigenvalue weighted by molar-refractivity contribution is 7.80. The van der Waals surface area contributed by atoms with Crippen LogP contribution in [0.5, 0.6) is 0 Å². The summed E-state index contributed by atoms with van der Waals surface area (Å²) in [6.07, 6.45) is 3.96. The lowest BCUT2D eigenvalue weighted by Crippen LogP contribution is -2.30. The zero-order chi connectivity index (χ0) is 21.4. The molecular weight excluding hydrogens is 400 g/mol. The normalized spacial score (nSPS) is 18.3. The minimum atomic E-state index is -0.0623. The highest BCUT2D eigenvalue weighted by Gasteiger charge is 2.42. The van der Waals surface area contributed by atoms with Crippen LogP contribution in [-0.4, -0.2) is 14.7 Å².